The van der Waals surface area contributed by atoms with E-state index in [9.17, 15) is 5.26 Å². The second-order valence-corrected chi connectivity index (χ2v) is 23.5. The van der Waals surface area contributed by atoms with Crippen molar-refractivity contribution in [3.63, 3.8) is 0 Å². The van der Waals surface area contributed by atoms with Gasteiger partial charge in [0.05, 0.1) is 61.7 Å². The first-order chi connectivity index (χ1) is 37.7. The van der Waals surface area contributed by atoms with E-state index < -0.39 is 0 Å². The van der Waals surface area contributed by atoms with Crippen LogP contribution in [0.15, 0.2) is 182 Å². The molecule has 358 valence electrons. The zero-order valence-corrected chi connectivity index (χ0v) is 42.3. The van der Waals surface area contributed by atoms with Crippen LogP contribution in [0.2, 0.25) is 0 Å². The predicted molar refractivity (Wildman–Crippen MR) is 309 cm³/mol. The van der Waals surface area contributed by atoms with Crippen LogP contribution in [0.3, 0.4) is 0 Å². The molecule has 6 nitrogen and oxygen atoms in total. The number of hydrogen-bond donors (Lipinski definition) is 0. The summed E-state index contributed by atoms with van der Waals surface area (Å²) in [6, 6.07) is 67.4. The van der Waals surface area contributed by atoms with Crippen LogP contribution in [-0.4, -0.2) is 24.1 Å². The van der Waals surface area contributed by atoms with Crippen molar-refractivity contribution in [1.29, 1.82) is 5.26 Å². The number of ketones is 1. The minimum Gasteiger partial charge on any atom is -0.308 e. The van der Waals surface area contributed by atoms with Gasteiger partial charge in [-0.25, -0.2) is 4.98 Å². The van der Waals surface area contributed by atoms with E-state index in [2.05, 4.69) is 216 Å². The summed E-state index contributed by atoms with van der Waals surface area (Å²) in [6.45, 7) is 6.94. The Kier molecular flexibility index (Phi) is 7.12. The fourth-order valence-electron chi connectivity index (χ4n) is 16.0. The quantitative estimate of drug-likeness (QED) is 0.165. The maximum absolute atomic E-state index is 15.5. The Morgan fingerprint density at radius 3 is 1.58 bits per heavy atom. The standard InChI is InChI=1S/C71H43N5O/c1-71(2,3)36-26-49-46-28-48-51(70(77)63-44-23-13-7-17-38(44)60(48)39-18-8-14-24-45(39)63)31-55(46)75-56-32-52-57(30-47(56)50(27-36)67(49)75)76-58-25-35(33-72)59-61-40-19-9-11-21-42(40)62(43-22-12-10-20-41(43)61)66(59)64(58)53-29-54-69(65(52)68(53)76)74(34-73-54)37-15-5-4-6-16-37/h4-32,34,60-63H,1-3H3. The summed E-state index contributed by atoms with van der Waals surface area (Å²) in [5.41, 5.74) is 25.7. The number of Topliss-reactive ketones (excluding diaryl/α,β-unsaturated/α-hetero) is 1. The van der Waals surface area contributed by atoms with Gasteiger partial charge in [0, 0.05) is 72.1 Å². The number of nitriles is 1. The molecule has 0 radical (unpaired) electrons. The summed E-state index contributed by atoms with van der Waals surface area (Å²) in [5.74, 6) is -0.346. The minimum absolute atomic E-state index is 0.0368. The van der Waals surface area contributed by atoms with Crippen LogP contribution in [0.1, 0.15) is 127 Å². The average Bonchev–Trinajstić information content (AvgIpc) is 3.66. The van der Waals surface area contributed by atoms with Crippen LogP contribution < -0.4 is 0 Å². The van der Waals surface area contributed by atoms with Crippen LogP contribution in [0.25, 0.3) is 92.9 Å². The Morgan fingerprint density at radius 1 is 0.455 bits per heavy atom. The Bertz CT molecular complexity index is 5230. The summed E-state index contributed by atoms with van der Waals surface area (Å²) in [6.07, 6.45) is 1.99. The van der Waals surface area contributed by atoms with Crippen LogP contribution in [-0.2, 0) is 5.41 Å². The van der Waals surface area contributed by atoms with E-state index in [0.29, 0.717) is 0 Å². The predicted octanol–water partition coefficient (Wildman–Crippen LogP) is 16.3. The average molecular weight is 982 g/mol. The van der Waals surface area contributed by atoms with Crippen molar-refractivity contribution in [1.82, 2.24) is 18.4 Å². The lowest BCUT2D eigenvalue weighted by Gasteiger charge is -2.43. The molecule has 6 aliphatic rings. The molecular weight excluding hydrogens is 939 g/mol. The molecule has 5 aromatic heterocycles. The van der Waals surface area contributed by atoms with E-state index in [0.717, 1.165) is 99.2 Å². The number of rotatable bonds is 1. The Labute approximate surface area is 441 Å². The van der Waals surface area contributed by atoms with Crippen molar-refractivity contribution in [2.24, 2.45) is 0 Å². The molecule has 0 saturated carbocycles. The van der Waals surface area contributed by atoms with E-state index in [4.69, 9.17) is 4.98 Å². The lowest BCUT2D eigenvalue weighted by atomic mass is 9.59. The third-order valence-corrected chi connectivity index (χ3v) is 19.0. The molecule has 0 amide bonds. The normalized spacial score (nSPS) is 18.1. The number of nitrogens with zero attached hydrogens (tertiary/aromatic N) is 5. The van der Waals surface area contributed by atoms with Crippen LogP contribution in [0.5, 0.6) is 0 Å². The maximum atomic E-state index is 15.5. The van der Waals surface area contributed by atoms with Crippen molar-refractivity contribution in [3.8, 4) is 11.8 Å². The molecule has 0 saturated heterocycles. The molecule has 10 aromatic carbocycles. The van der Waals surface area contributed by atoms with Gasteiger partial charge in [-0.1, -0.05) is 136 Å². The SMILES string of the molecule is CC(C)(C)c1cc2c3cc4c(cc3n3c5cc6c7c8c(cc9c%10c%11c(c(C#N)cc%10n(c6cc5c(c1)c23)c97)C1c2ccccc2C%11c2ccccc21)ncn8-c1ccccc1)C(=O)C1c2ccccc2C4c2ccccc21. The number of aromatic nitrogens is 4. The first kappa shape index (κ1) is 40.8. The molecule has 0 spiro atoms. The molecular formula is C71H43N5O. The monoisotopic (exact) mass is 981 g/mol. The molecule has 0 fully saturated rings. The third kappa shape index (κ3) is 4.65. The van der Waals surface area contributed by atoms with Gasteiger partial charge < -0.3 is 8.80 Å². The number of para-hydroxylation sites is 1. The molecule has 21 rings (SSSR count). The number of carbonyl (C=O) groups excluding carboxylic acids is 1. The molecule has 0 N–H and O–H groups in total. The Hall–Kier alpha value is -9.57. The van der Waals surface area contributed by atoms with Gasteiger partial charge in [0.15, 0.2) is 5.78 Å². The zero-order valence-electron chi connectivity index (χ0n) is 42.3. The Balaban J connectivity index is 0.986. The van der Waals surface area contributed by atoms with Crippen molar-refractivity contribution in [2.45, 2.75) is 49.9 Å². The summed E-state index contributed by atoms with van der Waals surface area (Å²) in [7, 11) is 0. The molecule has 6 aliphatic carbocycles. The fourth-order valence-corrected chi connectivity index (χ4v) is 16.0. The molecule has 0 aliphatic heterocycles. The van der Waals surface area contributed by atoms with Gasteiger partial charge in [0.2, 0.25) is 0 Å². The summed E-state index contributed by atoms with van der Waals surface area (Å²) >= 11 is 0. The number of fused-ring (bicyclic) bond motifs is 14. The minimum atomic E-state index is -0.368. The zero-order chi connectivity index (χ0) is 50.6. The number of benzene rings is 10. The van der Waals surface area contributed by atoms with Gasteiger partial charge in [0.25, 0.3) is 0 Å². The van der Waals surface area contributed by atoms with E-state index in [1.54, 1.807) is 0 Å². The van der Waals surface area contributed by atoms with Gasteiger partial charge in [-0.3, -0.25) is 9.36 Å². The van der Waals surface area contributed by atoms with E-state index in [1.165, 1.54) is 71.6 Å². The van der Waals surface area contributed by atoms with Gasteiger partial charge in [-0.2, -0.15) is 5.26 Å². The molecule has 0 atom stereocenters. The van der Waals surface area contributed by atoms with Crippen LogP contribution in [0.4, 0.5) is 0 Å². The highest BCUT2D eigenvalue weighted by Gasteiger charge is 2.46. The van der Waals surface area contributed by atoms with Gasteiger partial charge in [-0.15, -0.1) is 0 Å². The van der Waals surface area contributed by atoms with Crippen molar-refractivity contribution in [2.75, 3.05) is 0 Å². The topological polar surface area (TPSA) is 67.5 Å². The first-order valence-corrected chi connectivity index (χ1v) is 27.0. The largest absolute Gasteiger partial charge is 0.308 e. The first-order valence-electron chi connectivity index (χ1n) is 27.0. The Morgan fingerprint density at radius 2 is 0.974 bits per heavy atom. The maximum Gasteiger partial charge on any atom is 0.175 e. The highest BCUT2D eigenvalue weighted by molar-refractivity contribution is 6.34. The highest BCUT2D eigenvalue weighted by Crippen LogP contribution is 2.61. The van der Waals surface area contributed by atoms with Crippen molar-refractivity contribution < 1.29 is 4.79 Å². The van der Waals surface area contributed by atoms with E-state index in [1.807, 2.05) is 6.33 Å². The second kappa shape index (κ2) is 13.4. The lowest BCUT2D eigenvalue weighted by Crippen LogP contribution is -2.28. The molecule has 4 bridgehead atoms. The van der Waals surface area contributed by atoms with Crippen molar-refractivity contribution in [3.05, 3.63) is 260 Å². The molecule has 5 heterocycles. The smallest absolute Gasteiger partial charge is 0.175 e. The fraction of sp³-hybridized carbons (Fsp3) is 0.113. The number of imidazole rings is 1. The van der Waals surface area contributed by atoms with E-state index >= 15 is 4.79 Å². The van der Waals surface area contributed by atoms with E-state index in [-0.39, 0.29) is 34.9 Å². The lowest BCUT2D eigenvalue weighted by molar-refractivity contribution is 0.0974. The van der Waals surface area contributed by atoms with Gasteiger partial charge in [-0.05, 0) is 133 Å². The third-order valence-electron chi connectivity index (χ3n) is 19.0. The number of carbonyl (C=O) groups is 1. The van der Waals surface area contributed by atoms with Crippen LogP contribution in [0, 0.1) is 11.3 Å². The van der Waals surface area contributed by atoms with Crippen molar-refractivity contribution >= 4 is 93.0 Å². The summed E-state index contributed by atoms with van der Waals surface area (Å²) < 4.78 is 7.24. The van der Waals surface area contributed by atoms with Crippen LogP contribution >= 0.6 is 0 Å². The summed E-state index contributed by atoms with van der Waals surface area (Å²) in [5, 5.41) is 20.8. The second-order valence-electron chi connectivity index (χ2n) is 23.5. The number of hydrogen-bond acceptors (Lipinski definition) is 3. The summed E-state index contributed by atoms with van der Waals surface area (Å²) in [4.78, 5) is 20.8. The van der Waals surface area contributed by atoms with Gasteiger partial charge >= 0.3 is 0 Å². The molecule has 6 heteroatoms. The highest BCUT2D eigenvalue weighted by atomic mass is 16.1. The van der Waals surface area contributed by atoms with Gasteiger partial charge in [0.1, 0.15) is 6.33 Å². The molecule has 15 aromatic rings. The molecule has 0 unspecified atom stereocenters. The molecule has 77 heavy (non-hydrogen) atoms.